The fourth-order valence-electron chi connectivity index (χ4n) is 2.36. The number of hydrogen-bond donors (Lipinski definition) is 1. The van der Waals surface area contributed by atoms with E-state index >= 15 is 0 Å². The monoisotopic (exact) mass is 216 g/mol. The second kappa shape index (κ2) is 4.00. The summed E-state index contributed by atoms with van der Waals surface area (Å²) in [6.45, 7) is 2.01. The van der Waals surface area contributed by atoms with Crippen LogP contribution in [0.15, 0.2) is 0 Å². The highest BCUT2D eigenvalue weighted by Crippen LogP contribution is 2.37. The molecule has 2 unspecified atom stereocenters. The van der Waals surface area contributed by atoms with Crippen LogP contribution in [-0.2, 0) is 6.42 Å². The van der Waals surface area contributed by atoms with E-state index in [9.17, 15) is 0 Å². The Morgan fingerprint density at radius 3 is 3.00 bits per heavy atom. The fourth-order valence-corrected chi connectivity index (χ4v) is 3.49. The minimum Gasteiger partial charge on any atom is -0.327 e. The maximum Gasteiger partial charge on any atom is 0.130 e. The second-order valence-corrected chi connectivity index (χ2v) is 5.28. The molecule has 1 aromatic heterocycles. The van der Waals surface area contributed by atoms with Gasteiger partial charge < -0.3 is 5.73 Å². The molecule has 2 N–H and O–H groups in total. The fraction of sp³-hybridized carbons (Fsp3) is 0.545. The van der Waals surface area contributed by atoms with Crippen molar-refractivity contribution in [3.05, 3.63) is 16.0 Å². The van der Waals surface area contributed by atoms with Crippen molar-refractivity contribution in [2.45, 2.75) is 38.1 Å². The van der Waals surface area contributed by atoms with Crippen molar-refractivity contribution in [2.24, 2.45) is 5.73 Å². The molecule has 0 saturated heterocycles. The second-order valence-electron chi connectivity index (χ2n) is 4.15. The van der Waals surface area contributed by atoms with Gasteiger partial charge in [-0.3, -0.25) is 0 Å². The minimum atomic E-state index is 0.102. The summed E-state index contributed by atoms with van der Waals surface area (Å²) in [5, 5.41) is 9.10. The van der Waals surface area contributed by atoms with Gasteiger partial charge in [0.15, 0.2) is 0 Å². The van der Waals surface area contributed by atoms with Crippen LogP contribution in [0.3, 0.4) is 0 Å². The van der Waals surface area contributed by atoms with Crippen molar-refractivity contribution in [1.29, 1.82) is 5.26 Å². The van der Waals surface area contributed by atoms with E-state index in [1.807, 2.05) is 6.92 Å². The number of thiophene rings is 1. The van der Waals surface area contributed by atoms with Crippen molar-refractivity contribution in [3.8, 4) is 6.07 Å². The van der Waals surface area contributed by atoms with Crippen LogP contribution in [0.5, 0.6) is 0 Å². The maximum absolute atomic E-state index is 9.10. The normalized spacial score (nSPS) is 21.8. The Hall–Kier alpha value is -0.785. The van der Waals surface area contributed by atoms with Crippen LogP contribution in [0.1, 0.15) is 41.7 Å². The van der Waals surface area contributed by atoms with E-state index in [1.54, 1.807) is 11.3 Å². The van der Waals surface area contributed by atoms with Crippen LogP contribution >= 0.6 is 11.3 Å². The molecule has 0 amide bonds. The van der Waals surface area contributed by atoms with E-state index in [1.165, 1.54) is 4.88 Å². The Bertz CT molecular complexity index is 417. The first kappa shape index (κ1) is 10.7. The highest BCUT2D eigenvalue weighted by molar-refractivity contribution is 7.20. The van der Waals surface area contributed by atoms with Gasteiger partial charge >= 0.3 is 0 Å². The highest BCUT2D eigenvalue weighted by Gasteiger charge is 2.28. The molecule has 4 heteroatoms. The molecule has 0 saturated carbocycles. The lowest BCUT2D eigenvalue weighted by Crippen LogP contribution is -2.28. The zero-order valence-corrected chi connectivity index (χ0v) is 9.60. The van der Waals surface area contributed by atoms with Crippen LogP contribution in [0.4, 0.5) is 0 Å². The number of aryl methyl sites for hydroxylation is 1. The summed E-state index contributed by atoms with van der Waals surface area (Å²) in [5.41, 5.74) is 7.79. The number of hydrogen-bond acceptors (Lipinski definition) is 3. The first-order chi connectivity index (χ1) is 7.15. The van der Waals surface area contributed by atoms with Gasteiger partial charge in [0.2, 0.25) is 0 Å². The molecule has 15 heavy (non-hydrogen) atoms. The van der Waals surface area contributed by atoms with Crippen LogP contribution in [0.2, 0.25) is 0 Å². The Morgan fingerprint density at radius 2 is 2.40 bits per heavy atom. The van der Waals surface area contributed by atoms with Gasteiger partial charge in [-0.15, -0.1) is 0 Å². The SMILES string of the molecule is [B]c1sc2c(c1C#N)C(C(C)N)CCC2. The third kappa shape index (κ3) is 1.71. The summed E-state index contributed by atoms with van der Waals surface area (Å²) in [4.78, 5) is 1.28. The van der Waals surface area contributed by atoms with Crippen LogP contribution in [0.25, 0.3) is 0 Å². The van der Waals surface area contributed by atoms with Gasteiger partial charge in [-0.1, -0.05) is 0 Å². The molecule has 1 aliphatic rings. The molecule has 0 fully saturated rings. The lowest BCUT2D eigenvalue weighted by Gasteiger charge is -2.26. The molecule has 2 atom stereocenters. The Morgan fingerprint density at radius 1 is 1.67 bits per heavy atom. The minimum absolute atomic E-state index is 0.102. The first-order valence-electron chi connectivity index (χ1n) is 5.22. The van der Waals surface area contributed by atoms with E-state index in [4.69, 9.17) is 18.8 Å². The number of rotatable bonds is 1. The van der Waals surface area contributed by atoms with Crippen molar-refractivity contribution in [2.75, 3.05) is 0 Å². The molecule has 2 radical (unpaired) electrons. The number of nitrogens with zero attached hydrogens (tertiary/aromatic N) is 1. The largest absolute Gasteiger partial charge is 0.327 e. The van der Waals surface area contributed by atoms with Crippen LogP contribution in [0, 0.1) is 11.3 Å². The molecule has 1 aromatic rings. The van der Waals surface area contributed by atoms with Gasteiger partial charge in [0, 0.05) is 16.8 Å². The van der Waals surface area contributed by atoms with Crippen molar-refractivity contribution in [3.63, 3.8) is 0 Å². The molecular formula is C11H13BN2S. The molecule has 0 spiro atoms. The van der Waals surface area contributed by atoms with E-state index in [2.05, 4.69) is 6.07 Å². The van der Waals surface area contributed by atoms with Crippen molar-refractivity contribution >= 4 is 24.0 Å². The smallest absolute Gasteiger partial charge is 0.130 e. The van der Waals surface area contributed by atoms with E-state index < -0.39 is 0 Å². The molecule has 2 nitrogen and oxygen atoms in total. The number of nitrogens with two attached hydrogens (primary N) is 1. The van der Waals surface area contributed by atoms with Gasteiger partial charge in [0.25, 0.3) is 0 Å². The van der Waals surface area contributed by atoms with Crippen LogP contribution < -0.4 is 10.5 Å². The quantitative estimate of drug-likeness (QED) is 0.716. The van der Waals surface area contributed by atoms with Gasteiger partial charge in [0.05, 0.1) is 11.6 Å². The van der Waals surface area contributed by atoms with Gasteiger partial charge in [-0.05, 0) is 36.5 Å². The van der Waals surface area contributed by atoms with E-state index in [-0.39, 0.29) is 6.04 Å². The van der Waals surface area contributed by atoms with E-state index in [0.717, 1.165) is 24.8 Å². The summed E-state index contributed by atoms with van der Waals surface area (Å²) >= 11 is 1.56. The van der Waals surface area contributed by atoms with Gasteiger partial charge in [0.1, 0.15) is 7.85 Å². The predicted molar refractivity (Wildman–Crippen MR) is 63.8 cm³/mol. The standard InChI is InChI=1S/C11H13BN2S/c1-6(14)7-3-2-4-9-10(7)8(5-13)11(12)15-9/h6-7H,2-4,14H2,1H3. The Balaban J connectivity index is 2.54. The lowest BCUT2D eigenvalue weighted by molar-refractivity contribution is 0.489. The molecular weight excluding hydrogens is 203 g/mol. The summed E-state index contributed by atoms with van der Waals surface area (Å²) < 4.78 is 0.662. The highest BCUT2D eigenvalue weighted by atomic mass is 32.1. The molecule has 0 aliphatic heterocycles. The Kier molecular flexibility index (Phi) is 2.86. The topological polar surface area (TPSA) is 49.8 Å². The van der Waals surface area contributed by atoms with Crippen molar-refractivity contribution in [1.82, 2.24) is 0 Å². The molecule has 76 valence electrons. The van der Waals surface area contributed by atoms with Crippen LogP contribution in [-0.4, -0.2) is 13.9 Å². The summed E-state index contributed by atoms with van der Waals surface area (Å²) in [6.07, 6.45) is 3.29. The van der Waals surface area contributed by atoms with E-state index in [0.29, 0.717) is 16.3 Å². The van der Waals surface area contributed by atoms with Gasteiger partial charge in [-0.2, -0.15) is 16.6 Å². The third-order valence-electron chi connectivity index (χ3n) is 3.09. The summed E-state index contributed by atoms with van der Waals surface area (Å²) in [6, 6.07) is 2.32. The average molecular weight is 216 g/mol. The Labute approximate surface area is 95.5 Å². The first-order valence-corrected chi connectivity index (χ1v) is 6.03. The summed E-state index contributed by atoms with van der Waals surface area (Å²) in [7, 11) is 5.85. The zero-order valence-electron chi connectivity index (χ0n) is 8.79. The molecule has 2 rings (SSSR count). The van der Waals surface area contributed by atoms with Gasteiger partial charge in [-0.25, -0.2) is 0 Å². The number of nitriles is 1. The number of fused-ring (bicyclic) bond motifs is 1. The predicted octanol–water partition coefficient (Wildman–Crippen LogP) is 1.18. The zero-order chi connectivity index (χ0) is 11.0. The van der Waals surface area contributed by atoms with Crippen molar-refractivity contribution < 1.29 is 0 Å². The molecule has 1 heterocycles. The molecule has 0 aromatic carbocycles. The molecule has 0 bridgehead atoms. The maximum atomic E-state index is 9.10. The lowest BCUT2D eigenvalue weighted by atomic mass is 9.80. The average Bonchev–Trinajstić information content (AvgIpc) is 2.52. The summed E-state index contributed by atoms with van der Waals surface area (Å²) in [5.74, 6) is 0.317. The molecule has 1 aliphatic carbocycles. The third-order valence-corrected chi connectivity index (χ3v) is 4.18.